The fraction of sp³-hybridized carbons (Fsp3) is 0.412. The molecule has 0 unspecified atom stereocenters. The van der Waals surface area contributed by atoms with Crippen LogP contribution in [0.5, 0.6) is 17.6 Å². The molecule has 9 nitrogen and oxygen atoms in total. The number of pyridine rings is 1. The van der Waals surface area contributed by atoms with Crippen LogP contribution >= 0.6 is 0 Å². The molecule has 12 heteroatoms. The standard InChI is InChI=1S/C34H30F3N5O4/c1-2-23-25(36)8-7-18-10-21(43)11-24(26(18)23)29-28(37)30-27-31(42-9-5-3-4-6-20(42)16-45-32(27)38-29)40-33(39-30)46-17-34-12-19(35)14-41(34)15-22(44)13-34/h1,7-8,10-11,19-20,43H,3-6,9,12-17H2/t19-,20+,34-/m1/s1. The number of aromatic hydroxyl groups is 1. The third kappa shape index (κ3) is 4.51. The maximum absolute atomic E-state index is 16.9. The summed E-state index contributed by atoms with van der Waals surface area (Å²) >= 11 is 0. The molecule has 3 fully saturated rings. The summed E-state index contributed by atoms with van der Waals surface area (Å²) in [5.74, 6) is 1.16. The highest BCUT2D eigenvalue weighted by molar-refractivity contribution is 6.04. The molecular formula is C34H30F3N5O4. The van der Waals surface area contributed by atoms with E-state index in [1.807, 2.05) is 4.90 Å². The molecular weight excluding hydrogens is 599 g/mol. The molecule has 3 atom stereocenters. The van der Waals surface area contributed by atoms with Crippen LogP contribution in [0.2, 0.25) is 0 Å². The van der Waals surface area contributed by atoms with Crippen molar-refractivity contribution >= 4 is 33.3 Å². The van der Waals surface area contributed by atoms with Crippen molar-refractivity contribution in [1.29, 1.82) is 0 Å². The SMILES string of the molecule is C#Cc1c(F)ccc2cc(O)cc(-c3nc4c5c(nc(OC[C@@]67CC(=O)CN6C[C@H](F)C7)nc5c3F)N3CCCCC[C@H]3CO4)c12. The summed E-state index contributed by atoms with van der Waals surface area (Å²) < 4.78 is 58.7. The van der Waals surface area contributed by atoms with Crippen LogP contribution < -0.4 is 14.4 Å². The second kappa shape index (κ2) is 10.7. The highest BCUT2D eigenvalue weighted by atomic mass is 19.1. The van der Waals surface area contributed by atoms with Crippen LogP contribution in [0, 0.1) is 24.0 Å². The molecule has 4 aromatic rings. The number of fused-ring (bicyclic) bond motifs is 4. The van der Waals surface area contributed by atoms with Crippen molar-refractivity contribution in [2.45, 2.75) is 56.3 Å². The molecule has 0 amide bonds. The van der Waals surface area contributed by atoms with E-state index in [0.29, 0.717) is 17.7 Å². The number of nitrogens with zero attached hydrogens (tertiary/aromatic N) is 5. The van der Waals surface area contributed by atoms with Crippen molar-refractivity contribution in [3.05, 3.63) is 41.5 Å². The van der Waals surface area contributed by atoms with Gasteiger partial charge in [0, 0.05) is 36.9 Å². The van der Waals surface area contributed by atoms with E-state index >= 15 is 4.39 Å². The number of rotatable bonds is 4. The van der Waals surface area contributed by atoms with E-state index in [1.54, 1.807) is 0 Å². The summed E-state index contributed by atoms with van der Waals surface area (Å²) in [7, 11) is 0. The number of hydrogen-bond acceptors (Lipinski definition) is 9. The quantitative estimate of drug-likeness (QED) is 0.310. The van der Waals surface area contributed by atoms with E-state index in [4.69, 9.17) is 20.9 Å². The van der Waals surface area contributed by atoms with Crippen LogP contribution in [-0.4, -0.2) is 81.3 Å². The van der Waals surface area contributed by atoms with Gasteiger partial charge in [-0.05, 0) is 36.4 Å². The summed E-state index contributed by atoms with van der Waals surface area (Å²) in [5, 5.41) is 11.5. The molecule has 1 N–H and O–H groups in total. The summed E-state index contributed by atoms with van der Waals surface area (Å²) in [5.41, 5.74) is -1.21. The molecule has 236 valence electrons. The maximum Gasteiger partial charge on any atom is 0.319 e. The zero-order valence-corrected chi connectivity index (χ0v) is 24.9. The van der Waals surface area contributed by atoms with E-state index in [2.05, 4.69) is 20.8 Å². The van der Waals surface area contributed by atoms with E-state index < -0.39 is 23.3 Å². The first-order chi connectivity index (χ1) is 22.2. The number of ether oxygens (including phenoxy) is 2. The van der Waals surface area contributed by atoms with Gasteiger partial charge in [-0.1, -0.05) is 24.8 Å². The number of alkyl halides is 1. The largest absolute Gasteiger partial charge is 0.508 e. The van der Waals surface area contributed by atoms with Gasteiger partial charge in [0.15, 0.2) is 5.82 Å². The molecule has 4 aliphatic heterocycles. The first-order valence-corrected chi connectivity index (χ1v) is 15.5. The number of aromatic nitrogens is 3. The summed E-state index contributed by atoms with van der Waals surface area (Å²) in [6.45, 7) is 1.18. The molecule has 0 aliphatic carbocycles. The molecule has 46 heavy (non-hydrogen) atoms. The molecule has 0 radical (unpaired) electrons. The zero-order chi connectivity index (χ0) is 31.7. The number of hydrogen-bond donors (Lipinski definition) is 1. The van der Waals surface area contributed by atoms with Crippen LogP contribution in [0.15, 0.2) is 24.3 Å². The lowest BCUT2D eigenvalue weighted by Gasteiger charge is -2.31. The average Bonchev–Trinajstić information content (AvgIpc) is 3.29. The van der Waals surface area contributed by atoms with Gasteiger partial charge in [0.05, 0.1) is 23.7 Å². The number of halogens is 3. The topological polar surface area (TPSA) is 101 Å². The van der Waals surface area contributed by atoms with Crippen LogP contribution in [-0.2, 0) is 4.79 Å². The van der Waals surface area contributed by atoms with Crippen molar-refractivity contribution < 1.29 is 32.5 Å². The number of carbonyl (C=O) groups is 1. The Balaban J connectivity index is 1.33. The highest BCUT2D eigenvalue weighted by Gasteiger charge is 2.52. The van der Waals surface area contributed by atoms with Crippen molar-refractivity contribution in [3.8, 4) is 41.2 Å². The number of benzene rings is 2. The van der Waals surface area contributed by atoms with Crippen molar-refractivity contribution in [3.63, 3.8) is 0 Å². The Morgan fingerprint density at radius 1 is 1.15 bits per heavy atom. The fourth-order valence-corrected chi connectivity index (χ4v) is 7.71. The molecule has 0 bridgehead atoms. The lowest BCUT2D eigenvalue weighted by Crippen LogP contribution is -2.43. The van der Waals surface area contributed by atoms with Gasteiger partial charge in [0.2, 0.25) is 5.88 Å². The predicted molar refractivity (Wildman–Crippen MR) is 164 cm³/mol. The molecule has 0 spiro atoms. The normalized spacial score (nSPS) is 24.3. The van der Waals surface area contributed by atoms with E-state index in [0.717, 1.165) is 25.7 Å². The van der Waals surface area contributed by atoms with Crippen molar-refractivity contribution in [2.24, 2.45) is 0 Å². The highest BCUT2D eigenvalue weighted by Crippen LogP contribution is 2.44. The van der Waals surface area contributed by atoms with Crippen LogP contribution in [0.4, 0.5) is 19.0 Å². The second-order valence-electron chi connectivity index (χ2n) is 12.7. The fourth-order valence-electron chi connectivity index (χ4n) is 7.71. The lowest BCUT2D eigenvalue weighted by molar-refractivity contribution is -0.117. The third-order valence-electron chi connectivity index (χ3n) is 9.78. The minimum atomic E-state index is -1.09. The maximum atomic E-state index is 16.9. The van der Waals surface area contributed by atoms with Gasteiger partial charge >= 0.3 is 6.01 Å². The Labute approximate surface area is 262 Å². The van der Waals surface area contributed by atoms with Gasteiger partial charge in [-0.2, -0.15) is 9.97 Å². The van der Waals surface area contributed by atoms with Crippen molar-refractivity contribution in [1.82, 2.24) is 19.9 Å². The Bertz CT molecular complexity index is 1980. The first-order valence-electron chi connectivity index (χ1n) is 15.5. The number of anilines is 1. The Kier molecular flexibility index (Phi) is 6.72. The molecule has 6 heterocycles. The number of carbonyl (C=O) groups excluding carboxylic acids is 1. The Hall–Kier alpha value is -4.63. The molecule has 8 rings (SSSR count). The molecule has 2 aromatic carbocycles. The first kappa shape index (κ1) is 28.8. The van der Waals surface area contributed by atoms with Gasteiger partial charge in [-0.15, -0.1) is 6.42 Å². The molecule has 4 aliphatic rings. The van der Waals surface area contributed by atoms with Gasteiger partial charge in [0.1, 0.15) is 59.2 Å². The monoisotopic (exact) mass is 629 g/mol. The number of terminal acetylenes is 1. The van der Waals surface area contributed by atoms with Gasteiger partial charge in [-0.3, -0.25) is 9.69 Å². The minimum absolute atomic E-state index is 0.0126. The number of phenolic OH excluding ortho intramolecular Hbond substituents is 1. The minimum Gasteiger partial charge on any atom is -0.508 e. The van der Waals surface area contributed by atoms with E-state index in [1.165, 1.54) is 24.3 Å². The van der Waals surface area contributed by atoms with Gasteiger partial charge < -0.3 is 19.5 Å². The Morgan fingerprint density at radius 3 is 2.87 bits per heavy atom. The summed E-state index contributed by atoms with van der Waals surface area (Å²) in [6.07, 6.45) is 8.64. The molecule has 0 saturated carbocycles. The number of Topliss-reactive ketones (excluding diaryl/α,β-unsaturated/α-hetero) is 1. The van der Waals surface area contributed by atoms with E-state index in [9.17, 15) is 18.7 Å². The van der Waals surface area contributed by atoms with Crippen LogP contribution in [0.25, 0.3) is 32.9 Å². The second-order valence-corrected chi connectivity index (χ2v) is 12.7. The number of ketones is 1. The van der Waals surface area contributed by atoms with Crippen molar-refractivity contribution in [2.75, 3.05) is 37.7 Å². The zero-order valence-electron chi connectivity index (χ0n) is 24.9. The van der Waals surface area contributed by atoms with E-state index in [-0.39, 0.29) is 102 Å². The average molecular weight is 630 g/mol. The number of phenols is 1. The Morgan fingerprint density at radius 2 is 2.02 bits per heavy atom. The third-order valence-corrected chi connectivity index (χ3v) is 9.78. The summed E-state index contributed by atoms with van der Waals surface area (Å²) in [6, 6.07) is 5.15. The van der Waals surface area contributed by atoms with Gasteiger partial charge in [-0.25, -0.2) is 18.2 Å². The lowest BCUT2D eigenvalue weighted by atomic mass is 9.94. The molecule has 3 saturated heterocycles. The predicted octanol–water partition coefficient (Wildman–Crippen LogP) is 5.09. The smallest absolute Gasteiger partial charge is 0.319 e. The van der Waals surface area contributed by atoms with Gasteiger partial charge in [0.25, 0.3) is 0 Å². The van der Waals surface area contributed by atoms with Crippen LogP contribution in [0.1, 0.15) is 44.1 Å². The molecule has 2 aromatic heterocycles. The summed E-state index contributed by atoms with van der Waals surface area (Å²) in [4.78, 5) is 30.1. The van der Waals surface area contributed by atoms with Crippen LogP contribution in [0.3, 0.4) is 0 Å².